The second-order valence-corrected chi connectivity index (χ2v) is 7.09. The molecule has 1 unspecified atom stereocenters. The Morgan fingerprint density at radius 2 is 2.22 bits per heavy atom. The molecule has 2 amide bonds. The summed E-state index contributed by atoms with van der Waals surface area (Å²) < 4.78 is 4.79. The third-order valence-corrected chi connectivity index (χ3v) is 5.58. The summed E-state index contributed by atoms with van der Waals surface area (Å²) in [6.07, 6.45) is 5.39. The SMILES string of the molecule is COC(=O)C(C[C@@H]1CCNC1=O)NC(=O)[C@@H]1CC2(CCC2)CN1. The van der Waals surface area contributed by atoms with E-state index in [0.717, 1.165) is 13.0 Å². The lowest BCUT2D eigenvalue weighted by atomic mass is 9.67. The minimum atomic E-state index is -0.763. The quantitative estimate of drug-likeness (QED) is 0.604. The van der Waals surface area contributed by atoms with Crippen LogP contribution in [-0.2, 0) is 19.1 Å². The molecule has 3 fully saturated rings. The van der Waals surface area contributed by atoms with Crippen molar-refractivity contribution in [2.75, 3.05) is 20.2 Å². The average Bonchev–Trinajstić information content (AvgIpc) is 3.12. The maximum atomic E-state index is 12.5. The van der Waals surface area contributed by atoms with Gasteiger partial charge in [0.05, 0.1) is 13.2 Å². The van der Waals surface area contributed by atoms with Crippen LogP contribution < -0.4 is 16.0 Å². The van der Waals surface area contributed by atoms with Gasteiger partial charge in [0, 0.05) is 19.0 Å². The van der Waals surface area contributed by atoms with Gasteiger partial charge in [-0.25, -0.2) is 4.79 Å². The minimum absolute atomic E-state index is 0.0550. The van der Waals surface area contributed by atoms with Gasteiger partial charge in [0.15, 0.2) is 0 Å². The highest BCUT2D eigenvalue weighted by molar-refractivity contribution is 5.88. The molecule has 2 heterocycles. The van der Waals surface area contributed by atoms with Gasteiger partial charge < -0.3 is 20.7 Å². The summed E-state index contributed by atoms with van der Waals surface area (Å²) in [6, 6.07) is -1.01. The first kappa shape index (κ1) is 16.2. The highest BCUT2D eigenvalue weighted by Crippen LogP contribution is 2.47. The lowest BCUT2D eigenvalue weighted by Crippen LogP contribution is -2.49. The van der Waals surface area contributed by atoms with Crippen LogP contribution in [0.1, 0.15) is 38.5 Å². The van der Waals surface area contributed by atoms with Crippen molar-refractivity contribution in [2.45, 2.75) is 50.6 Å². The zero-order chi connectivity index (χ0) is 16.4. The van der Waals surface area contributed by atoms with Gasteiger partial charge in [-0.3, -0.25) is 9.59 Å². The van der Waals surface area contributed by atoms with Gasteiger partial charge in [0.2, 0.25) is 11.8 Å². The van der Waals surface area contributed by atoms with Crippen molar-refractivity contribution in [3.05, 3.63) is 0 Å². The van der Waals surface area contributed by atoms with E-state index in [9.17, 15) is 14.4 Å². The number of amides is 2. The summed E-state index contributed by atoms with van der Waals surface area (Å²) in [5.74, 6) is -0.952. The van der Waals surface area contributed by atoms with E-state index in [-0.39, 0.29) is 29.2 Å². The minimum Gasteiger partial charge on any atom is -0.467 e. The molecule has 0 radical (unpaired) electrons. The van der Waals surface area contributed by atoms with Gasteiger partial charge in [0.1, 0.15) is 6.04 Å². The standard InChI is InChI=1S/C16H25N3O4/c1-23-15(22)11(7-10-3-6-17-13(10)20)19-14(21)12-8-16(9-18-12)4-2-5-16/h10-12,18H,2-9H2,1H3,(H,17,20)(H,19,21)/t10-,11?,12-/m0/s1. The zero-order valence-electron chi connectivity index (χ0n) is 13.5. The fourth-order valence-corrected chi connectivity index (χ4v) is 3.94. The van der Waals surface area contributed by atoms with Crippen LogP contribution >= 0.6 is 0 Å². The van der Waals surface area contributed by atoms with Gasteiger partial charge in [-0.15, -0.1) is 0 Å². The number of hydrogen-bond acceptors (Lipinski definition) is 5. The lowest BCUT2D eigenvalue weighted by Gasteiger charge is -2.37. The summed E-state index contributed by atoms with van der Waals surface area (Å²) in [6.45, 7) is 1.50. The van der Waals surface area contributed by atoms with Crippen molar-refractivity contribution in [1.82, 2.24) is 16.0 Å². The molecule has 1 spiro atoms. The van der Waals surface area contributed by atoms with E-state index in [1.54, 1.807) is 0 Å². The highest BCUT2D eigenvalue weighted by atomic mass is 16.5. The maximum absolute atomic E-state index is 12.5. The highest BCUT2D eigenvalue weighted by Gasteiger charge is 2.46. The predicted molar refractivity (Wildman–Crippen MR) is 82.4 cm³/mol. The molecule has 3 rings (SSSR count). The van der Waals surface area contributed by atoms with Gasteiger partial charge in [-0.05, 0) is 37.5 Å². The van der Waals surface area contributed by atoms with Crippen molar-refractivity contribution in [3.8, 4) is 0 Å². The van der Waals surface area contributed by atoms with Gasteiger partial charge in [0.25, 0.3) is 0 Å². The summed E-state index contributed by atoms with van der Waals surface area (Å²) >= 11 is 0. The van der Waals surface area contributed by atoms with Crippen LogP contribution in [0.25, 0.3) is 0 Å². The normalized spacial score (nSPS) is 29.7. The van der Waals surface area contributed by atoms with Crippen LogP contribution in [0.2, 0.25) is 0 Å². The Hall–Kier alpha value is -1.63. The Balaban J connectivity index is 1.58. The van der Waals surface area contributed by atoms with Crippen LogP contribution in [0.4, 0.5) is 0 Å². The first-order valence-corrected chi connectivity index (χ1v) is 8.42. The van der Waals surface area contributed by atoms with E-state index in [1.165, 1.54) is 26.4 Å². The molecule has 128 valence electrons. The molecule has 23 heavy (non-hydrogen) atoms. The molecule has 3 N–H and O–H groups in total. The Kier molecular flexibility index (Phi) is 4.57. The van der Waals surface area contributed by atoms with Gasteiger partial charge in [-0.1, -0.05) is 6.42 Å². The van der Waals surface area contributed by atoms with Crippen molar-refractivity contribution >= 4 is 17.8 Å². The molecule has 2 aliphatic heterocycles. The topological polar surface area (TPSA) is 96.5 Å². The van der Waals surface area contributed by atoms with Crippen molar-refractivity contribution < 1.29 is 19.1 Å². The molecular formula is C16H25N3O4. The van der Waals surface area contributed by atoms with E-state index in [4.69, 9.17) is 4.74 Å². The number of ether oxygens (including phenoxy) is 1. The number of rotatable bonds is 5. The fraction of sp³-hybridized carbons (Fsp3) is 0.812. The summed E-state index contributed by atoms with van der Waals surface area (Å²) in [5, 5.41) is 8.81. The third kappa shape index (κ3) is 3.34. The van der Waals surface area contributed by atoms with E-state index in [1.807, 2.05) is 0 Å². The number of nitrogens with one attached hydrogen (secondary N) is 3. The molecule has 0 aromatic rings. The van der Waals surface area contributed by atoms with Crippen LogP contribution in [0.15, 0.2) is 0 Å². The lowest BCUT2D eigenvalue weighted by molar-refractivity contribution is -0.146. The predicted octanol–water partition coefficient (Wildman–Crippen LogP) is -0.297. The second kappa shape index (κ2) is 6.47. The Bertz CT molecular complexity index is 504. The van der Waals surface area contributed by atoms with E-state index >= 15 is 0 Å². The van der Waals surface area contributed by atoms with Crippen LogP contribution in [0, 0.1) is 11.3 Å². The van der Waals surface area contributed by atoms with Crippen molar-refractivity contribution in [1.29, 1.82) is 0 Å². The van der Waals surface area contributed by atoms with Crippen molar-refractivity contribution in [2.24, 2.45) is 11.3 Å². The van der Waals surface area contributed by atoms with E-state index < -0.39 is 12.0 Å². The Morgan fingerprint density at radius 3 is 2.74 bits per heavy atom. The van der Waals surface area contributed by atoms with Gasteiger partial charge in [-0.2, -0.15) is 0 Å². The summed E-state index contributed by atoms with van der Waals surface area (Å²) in [4.78, 5) is 36.1. The number of methoxy groups -OCH3 is 1. The van der Waals surface area contributed by atoms with Crippen LogP contribution in [-0.4, -0.2) is 50.1 Å². The molecule has 1 saturated carbocycles. The smallest absolute Gasteiger partial charge is 0.328 e. The second-order valence-electron chi connectivity index (χ2n) is 7.09. The van der Waals surface area contributed by atoms with Crippen LogP contribution in [0.5, 0.6) is 0 Å². The number of carbonyl (C=O) groups excluding carboxylic acids is 3. The largest absolute Gasteiger partial charge is 0.467 e. The number of hydrogen-bond donors (Lipinski definition) is 3. The summed E-state index contributed by atoms with van der Waals surface area (Å²) in [5.41, 5.74) is 0.286. The molecule has 3 aliphatic rings. The van der Waals surface area contributed by atoms with E-state index in [0.29, 0.717) is 19.4 Å². The summed E-state index contributed by atoms with van der Waals surface area (Å²) in [7, 11) is 1.30. The monoisotopic (exact) mass is 323 g/mol. The first-order chi connectivity index (χ1) is 11.0. The van der Waals surface area contributed by atoms with Gasteiger partial charge >= 0.3 is 5.97 Å². The molecule has 3 atom stereocenters. The molecule has 7 heteroatoms. The van der Waals surface area contributed by atoms with Crippen LogP contribution in [0.3, 0.4) is 0 Å². The molecule has 0 aromatic heterocycles. The number of carbonyl (C=O) groups is 3. The zero-order valence-corrected chi connectivity index (χ0v) is 13.5. The molecule has 1 aliphatic carbocycles. The number of esters is 1. The Labute approximate surface area is 135 Å². The molecule has 0 aromatic carbocycles. The molecule has 7 nitrogen and oxygen atoms in total. The Morgan fingerprint density at radius 1 is 1.43 bits per heavy atom. The van der Waals surface area contributed by atoms with Crippen molar-refractivity contribution in [3.63, 3.8) is 0 Å². The molecule has 2 saturated heterocycles. The molecule has 0 bridgehead atoms. The average molecular weight is 323 g/mol. The maximum Gasteiger partial charge on any atom is 0.328 e. The molecular weight excluding hydrogens is 298 g/mol. The van der Waals surface area contributed by atoms with E-state index in [2.05, 4.69) is 16.0 Å². The first-order valence-electron chi connectivity index (χ1n) is 8.42. The third-order valence-electron chi connectivity index (χ3n) is 5.58. The fourth-order valence-electron chi connectivity index (χ4n) is 3.94.